The number of hydrogen-bond donors (Lipinski definition) is 2. The topological polar surface area (TPSA) is 49.3 Å². The summed E-state index contributed by atoms with van der Waals surface area (Å²) in [5.74, 6) is -0.457. The van der Waals surface area contributed by atoms with Crippen molar-refractivity contribution in [2.24, 2.45) is 11.8 Å². The summed E-state index contributed by atoms with van der Waals surface area (Å²) in [5, 5.41) is 12.8. The lowest BCUT2D eigenvalue weighted by Crippen LogP contribution is -2.38. The Kier molecular flexibility index (Phi) is 6.24. The van der Waals surface area contributed by atoms with Crippen LogP contribution in [0.1, 0.15) is 44.6 Å². The molecule has 0 aliphatic heterocycles. The first-order valence-electron chi connectivity index (χ1n) is 8.17. The molecule has 0 radical (unpaired) electrons. The van der Waals surface area contributed by atoms with Gasteiger partial charge in [0, 0.05) is 6.04 Å². The van der Waals surface area contributed by atoms with Crippen LogP contribution in [0.2, 0.25) is 0 Å². The SMILES string of the molecule is CC(CCc1ccccc1)NCC1CCCCC1C(=O)O. The molecule has 0 saturated heterocycles. The van der Waals surface area contributed by atoms with Crippen molar-refractivity contribution in [2.75, 3.05) is 6.54 Å². The van der Waals surface area contributed by atoms with Crippen molar-refractivity contribution in [3.8, 4) is 0 Å². The van der Waals surface area contributed by atoms with Crippen molar-refractivity contribution in [1.82, 2.24) is 5.32 Å². The highest BCUT2D eigenvalue weighted by molar-refractivity contribution is 5.70. The molecule has 3 heteroatoms. The van der Waals surface area contributed by atoms with E-state index in [-0.39, 0.29) is 5.92 Å². The maximum atomic E-state index is 11.3. The van der Waals surface area contributed by atoms with Crippen LogP contribution < -0.4 is 5.32 Å². The molecule has 1 fully saturated rings. The minimum absolute atomic E-state index is 0.146. The summed E-state index contributed by atoms with van der Waals surface area (Å²) >= 11 is 0. The molecule has 3 nitrogen and oxygen atoms in total. The van der Waals surface area contributed by atoms with Crippen LogP contribution in [0.5, 0.6) is 0 Å². The second-order valence-electron chi connectivity index (χ2n) is 6.32. The molecule has 1 aromatic carbocycles. The molecule has 3 atom stereocenters. The largest absolute Gasteiger partial charge is 0.481 e. The Labute approximate surface area is 127 Å². The van der Waals surface area contributed by atoms with Gasteiger partial charge in [-0.3, -0.25) is 4.79 Å². The summed E-state index contributed by atoms with van der Waals surface area (Å²) < 4.78 is 0. The summed E-state index contributed by atoms with van der Waals surface area (Å²) in [4.78, 5) is 11.3. The van der Waals surface area contributed by atoms with Crippen molar-refractivity contribution in [1.29, 1.82) is 0 Å². The summed E-state index contributed by atoms with van der Waals surface area (Å²) in [6, 6.07) is 10.9. The first kappa shape index (κ1) is 16.0. The van der Waals surface area contributed by atoms with Crippen LogP contribution in [0, 0.1) is 11.8 Å². The third-order valence-corrected chi connectivity index (χ3v) is 4.66. The third-order valence-electron chi connectivity index (χ3n) is 4.66. The number of carboxylic acids is 1. The standard InChI is InChI=1S/C18H27NO2/c1-14(11-12-15-7-3-2-4-8-15)19-13-16-9-5-6-10-17(16)18(20)21/h2-4,7-8,14,16-17,19H,5-6,9-13H2,1H3,(H,20,21). The van der Waals surface area contributed by atoms with Gasteiger partial charge in [-0.25, -0.2) is 0 Å². The van der Waals surface area contributed by atoms with Gasteiger partial charge < -0.3 is 10.4 Å². The zero-order valence-electron chi connectivity index (χ0n) is 12.9. The number of rotatable bonds is 7. The van der Waals surface area contributed by atoms with Crippen LogP contribution in [0.3, 0.4) is 0 Å². The zero-order chi connectivity index (χ0) is 15.1. The Balaban J connectivity index is 1.72. The van der Waals surface area contributed by atoms with Gasteiger partial charge in [0.05, 0.1) is 5.92 Å². The number of hydrogen-bond acceptors (Lipinski definition) is 2. The lowest BCUT2D eigenvalue weighted by Gasteiger charge is -2.29. The number of aryl methyl sites for hydroxylation is 1. The Morgan fingerprint density at radius 1 is 1.29 bits per heavy atom. The number of carbonyl (C=O) groups is 1. The lowest BCUT2D eigenvalue weighted by atomic mass is 9.79. The van der Waals surface area contributed by atoms with Gasteiger partial charge in [0.25, 0.3) is 0 Å². The van der Waals surface area contributed by atoms with Crippen molar-refractivity contribution in [2.45, 2.75) is 51.5 Å². The Hall–Kier alpha value is -1.35. The van der Waals surface area contributed by atoms with Gasteiger partial charge in [0.1, 0.15) is 0 Å². The van der Waals surface area contributed by atoms with E-state index in [0.29, 0.717) is 12.0 Å². The highest BCUT2D eigenvalue weighted by atomic mass is 16.4. The Morgan fingerprint density at radius 3 is 2.71 bits per heavy atom. The second-order valence-corrected chi connectivity index (χ2v) is 6.32. The summed E-state index contributed by atoms with van der Waals surface area (Å²) in [5.41, 5.74) is 1.37. The molecule has 0 bridgehead atoms. The smallest absolute Gasteiger partial charge is 0.306 e. The molecular weight excluding hydrogens is 262 g/mol. The van der Waals surface area contributed by atoms with E-state index >= 15 is 0 Å². The molecule has 1 aliphatic rings. The minimum Gasteiger partial charge on any atom is -0.481 e. The molecular formula is C18H27NO2. The van der Waals surface area contributed by atoms with Crippen LogP contribution in [0.15, 0.2) is 30.3 Å². The fourth-order valence-corrected chi connectivity index (χ4v) is 3.26. The van der Waals surface area contributed by atoms with Crippen LogP contribution in [-0.4, -0.2) is 23.7 Å². The molecule has 0 amide bonds. The van der Waals surface area contributed by atoms with Gasteiger partial charge >= 0.3 is 5.97 Å². The molecule has 0 heterocycles. The fraction of sp³-hybridized carbons (Fsp3) is 0.611. The molecule has 0 spiro atoms. The van der Waals surface area contributed by atoms with Crippen LogP contribution in [0.4, 0.5) is 0 Å². The molecule has 1 aromatic rings. The Bertz CT molecular complexity index is 432. The minimum atomic E-state index is -0.613. The van der Waals surface area contributed by atoms with Gasteiger partial charge in [0.15, 0.2) is 0 Å². The third kappa shape index (κ3) is 5.16. The predicted octanol–water partition coefficient (Wildman–Crippen LogP) is 3.49. The monoisotopic (exact) mass is 289 g/mol. The van der Waals surface area contributed by atoms with Crippen LogP contribution >= 0.6 is 0 Å². The number of benzene rings is 1. The van der Waals surface area contributed by atoms with Crippen molar-refractivity contribution < 1.29 is 9.90 Å². The van der Waals surface area contributed by atoms with E-state index in [9.17, 15) is 9.90 Å². The molecule has 1 aliphatic carbocycles. The van der Waals surface area contributed by atoms with E-state index in [0.717, 1.165) is 38.6 Å². The number of carboxylic acid groups (broad SMARTS) is 1. The van der Waals surface area contributed by atoms with Gasteiger partial charge in [-0.1, -0.05) is 43.2 Å². The molecule has 1 saturated carbocycles. The van der Waals surface area contributed by atoms with Gasteiger partial charge in [-0.2, -0.15) is 0 Å². The summed E-state index contributed by atoms with van der Waals surface area (Å²) in [6.07, 6.45) is 6.30. The second kappa shape index (κ2) is 8.18. The van der Waals surface area contributed by atoms with E-state index in [1.807, 2.05) is 6.07 Å². The number of aliphatic carboxylic acids is 1. The van der Waals surface area contributed by atoms with Crippen molar-refractivity contribution in [3.05, 3.63) is 35.9 Å². The van der Waals surface area contributed by atoms with E-state index in [4.69, 9.17) is 0 Å². The zero-order valence-corrected chi connectivity index (χ0v) is 12.9. The first-order chi connectivity index (χ1) is 10.2. The average molecular weight is 289 g/mol. The van der Waals surface area contributed by atoms with Crippen LogP contribution in [-0.2, 0) is 11.2 Å². The summed E-state index contributed by atoms with van der Waals surface area (Å²) in [7, 11) is 0. The Morgan fingerprint density at radius 2 is 2.00 bits per heavy atom. The highest BCUT2D eigenvalue weighted by Crippen LogP contribution is 2.29. The molecule has 2 N–H and O–H groups in total. The van der Waals surface area contributed by atoms with Gasteiger partial charge in [-0.15, -0.1) is 0 Å². The maximum Gasteiger partial charge on any atom is 0.306 e. The van der Waals surface area contributed by atoms with Crippen molar-refractivity contribution >= 4 is 5.97 Å². The molecule has 3 unspecified atom stereocenters. The maximum absolute atomic E-state index is 11.3. The average Bonchev–Trinajstić information content (AvgIpc) is 2.52. The molecule has 21 heavy (non-hydrogen) atoms. The molecule has 116 valence electrons. The normalized spacial score (nSPS) is 23.7. The van der Waals surface area contributed by atoms with E-state index in [2.05, 4.69) is 36.5 Å². The van der Waals surface area contributed by atoms with Gasteiger partial charge in [-0.05, 0) is 50.6 Å². The summed E-state index contributed by atoms with van der Waals surface area (Å²) in [6.45, 7) is 3.04. The lowest BCUT2D eigenvalue weighted by molar-refractivity contribution is -0.144. The van der Waals surface area contributed by atoms with E-state index < -0.39 is 5.97 Å². The highest BCUT2D eigenvalue weighted by Gasteiger charge is 2.30. The molecule has 0 aromatic heterocycles. The van der Waals surface area contributed by atoms with Crippen LogP contribution in [0.25, 0.3) is 0 Å². The fourth-order valence-electron chi connectivity index (χ4n) is 3.26. The predicted molar refractivity (Wildman–Crippen MR) is 85.3 cm³/mol. The number of nitrogens with one attached hydrogen (secondary N) is 1. The molecule has 2 rings (SSSR count). The first-order valence-corrected chi connectivity index (χ1v) is 8.17. The van der Waals surface area contributed by atoms with Crippen molar-refractivity contribution in [3.63, 3.8) is 0 Å². The quantitative estimate of drug-likeness (QED) is 0.808. The van der Waals surface area contributed by atoms with E-state index in [1.165, 1.54) is 12.0 Å². The van der Waals surface area contributed by atoms with Gasteiger partial charge in [0.2, 0.25) is 0 Å². The van der Waals surface area contributed by atoms with E-state index in [1.54, 1.807) is 0 Å².